The van der Waals surface area contributed by atoms with Crippen LogP contribution in [-0.4, -0.2) is 13.2 Å². The van der Waals surface area contributed by atoms with E-state index in [1.807, 2.05) is 49.4 Å². The normalized spacial score (nSPS) is 10.4. The lowest BCUT2D eigenvalue weighted by Crippen LogP contribution is -2.12. The molecule has 3 nitrogen and oxygen atoms in total. The molecule has 21 heavy (non-hydrogen) atoms. The van der Waals surface area contributed by atoms with E-state index in [0.29, 0.717) is 17.4 Å². The van der Waals surface area contributed by atoms with E-state index in [1.165, 1.54) is 0 Å². The highest BCUT2D eigenvalue weighted by Crippen LogP contribution is 2.34. The van der Waals surface area contributed by atoms with Gasteiger partial charge in [0, 0.05) is 17.1 Å². The quantitative estimate of drug-likeness (QED) is 0.808. The minimum Gasteiger partial charge on any atom is -0.490 e. The van der Waals surface area contributed by atoms with Gasteiger partial charge in [0.05, 0.1) is 6.61 Å². The largest absolute Gasteiger partial charge is 0.490 e. The maximum Gasteiger partial charge on any atom is 0.169 e. The second-order valence-electron chi connectivity index (χ2n) is 4.51. The number of ether oxygens (including phenoxy) is 2. The van der Waals surface area contributed by atoms with E-state index in [9.17, 15) is 0 Å². The van der Waals surface area contributed by atoms with Gasteiger partial charge in [0.1, 0.15) is 5.75 Å². The molecule has 0 spiro atoms. The minimum absolute atomic E-state index is 0.597. The van der Waals surface area contributed by atoms with Crippen LogP contribution < -0.4 is 14.8 Å². The first-order valence-electron chi connectivity index (χ1n) is 7.13. The third kappa shape index (κ3) is 4.38. The summed E-state index contributed by atoms with van der Waals surface area (Å²) < 4.78 is 11.6. The zero-order valence-electron chi connectivity index (χ0n) is 12.4. The Morgan fingerprint density at radius 1 is 1.00 bits per heavy atom. The molecule has 0 fully saturated rings. The van der Waals surface area contributed by atoms with Crippen molar-refractivity contribution >= 4 is 11.6 Å². The summed E-state index contributed by atoms with van der Waals surface area (Å²) in [5, 5.41) is 3.95. The molecule has 0 aromatic heterocycles. The zero-order valence-corrected chi connectivity index (χ0v) is 13.1. The Morgan fingerprint density at radius 3 is 2.48 bits per heavy atom. The highest BCUT2D eigenvalue weighted by molar-refractivity contribution is 6.30. The maximum atomic E-state index is 6.09. The Balaban J connectivity index is 2.27. The molecule has 0 unspecified atom stereocenters. The molecule has 0 atom stereocenters. The first-order chi connectivity index (χ1) is 10.2. The number of hydrogen-bond acceptors (Lipinski definition) is 3. The van der Waals surface area contributed by atoms with Gasteiger partial charge in [-0.25, -0.2) is 0 Å². The van der Waals surface area contributed by atoms with E-state index in [-0.39, 0.29) is 0 Å². The van der Waals surface area contributed by atoms with Crippen molar-refractivity contribution in [3.8, 4) is 17.2 Å². The van der Waals surface area contributed by atoms with Crippen molar-refractivity contribution in [2.75, 3.05) is 13.2 Å². The van der Waals surface area contributed by atoms with E-state index in [4.69, 9.17) is 21.1 Å². The Bertz CT molecular complexity index is 587. The average molecular weight is 306 g/mol. The van der Waals surface area contributed by atoms with E-state index >= 15 is 0 Å². The molecule has 2 aromatic rings. The molecular formula is C17H20ClNO2. The van der Waals surface area contributed by atoms with Gasteiger partial charge < -0.3 is 14.8 Å². The zero-order chi connectivity index (χ0) is 15.1. The highest BCUT2D eigenvalue weighted by atomic mass is 35.5. The van der Waals surface area contributed by atoms with Gasteiger partial charge in [-0.2, -0.15) is 0 Å². The van der Waals surface area contributed by atoms with Crippen LogP contribution in [-0.2, 0) is 6.54 Å². The Hall–Kier alpha value is -1.71. The summed E-state index contributed by atoms with van der Waals surface area (Å²) in [6.45, 7) is 6.26. The van der Waals surface area contributed by atoms with Crippen molar-refractivity contribution in [2.45, 2.75) is 20.4 Å². The van der Waals surface area contributed by atoms with Crippen LogP contribution in [0.5, 0.6) is 17.2 Å². The van der Waals surface area contributed by atoms with Crippen LogP contribution in [0.15, 0.2) is 42.5 Å². The number of hydrogen-bond donors (Lipinski definition) is 1. The summed E-state index contributed by atoms with van der Waals surface area (Å²) in [5.74, 6) is 2.17. The molecule has 2 aromatic carbocycles. The topological polar surface area (TPSA) is 30.5 Å². The van der Waals surface area contributed by atoms with Gasteiger partial charge in [-0.05, 0) is 37.7 Å². The predicted octanol–water partition coefficient (Wildman–Crippen LogP) is 4.64. The van der Waals surface area contributed by atoms with Crippen molar-refractivity contribution in [3.63, 3.8) is 0 Å². The summed E-state index contributed by atoms with van der Waals surface area (Å²) in [7, 11) is 0. The molecule has 0 aliphatic heterocycles. The van der Waals surface area contributed by atoms with Crippen LogP contribution in [0, 0.1) is 0 Å². The molecule has 0 heterocycles. The van der Waals surface area contributed by atoms with Gasteiger partial charge in [0.2, 0.25) is 0 Å². The smallest absolute Gasteiger partial charge is 0.169 e. The van der Waals surface area contributed by atoms with Crippen LogP contribution in [0.4, 0.5) is 0 Å². The fraction of sp³-hybridized carbons (Fsp3) is 0.294. The first kappa shape index (κ1) is 15.7. The number of halogens is 1. The summed E-state index contributed by atoms with van der Waals surface area (Å²) in [4.78, 5) is 0. The molecule has 0 amide bonds. The summed E-state index contributed by atoms with van der Waals surface area (Å²) in [6.07, 6.45) is 0. The molecule has 0 radical (unpaired) electrons. The summed E-state index contributed by atoms with van der Waals surface area (Å²) >= 11 is 6.09. The standard InChI is InChI=1S/C17H20ClNO2/c1-3-19-12-13-9-10-14(18)11-17(13)21-16-8-6-5-7-15(16)20-4-2/h5-11,19H,3-4,12H2,1-2H3. The molecule has 0 saturated heterocycles. The van der Waals surface area contributed by atoms with Gasteiger partial charge in [0.25, 0.3) is 0 Å². The van der Waals surface area contributed by atoms with E-state index in [0.717, 1.165) is 30.2 Å². The molecular weight excluding hydrogens is 286 g/mol. The van der Waals surface area contributed by atoms with Crippen LogP contribution in [0.25, 0.3) is 0 Å². The third-order valence-electron chi connectivity index (χ3n) is 2.96. The number of nitrogens with one attached hydrogen (secondary N) is 1. The van der Waals surface area contributed by atoms with Crippen molar-refractivity contribution in [1.29, 1.82) is 0 Å². The molecule has 0 aliphatic rings. The van der Waals surface area contributed by atoms with Crippen LogP contribution in [0.3, 0.4) is 0 Å². The van der Waals surface area contributed by atoms with E-state index in [2.05, 4.69) is 12.2 Å². The van der Waals surface area contributed by atoms with Crippen molar-refractivity contribution in [3.05, 3.63) is 53.1 Å². The van der Waals surface area contributed by atoms with Crippen molar-refractivity contribution < 1.29 is 9.47 Å². The molecule has 0 bridgehead atoms. The molecule has 2 rings (SSSR count). The molecule has 4 heteroatoms. The predicted molar refractivity (Wildman–Crippen MR) is 86.5 cm³/mol. The third-order valence-corrected chi connectivity index (χ3v) is 3.20. The fourth-order valence-electron chi connectivity index (χ4n) is 1.96. The van der Waals surface area contributed by atoms with Gasteiger partial charge >= 0.3 is 0 Å². The van der Waals surface area contributed by atoms with Crippen molar-refractivity contribution in [1.82, 2.24) is 5.32 Å². The Labute approximate surface area is 130 Å². The molecule has 0 aliphatic carbocycles. The van der Waals surface area contributed by atoms with Crippen LogP contribution >= 0.6 is 11.6 Å². The van der Waals surface area contributed by atoms with Gasteiger partial charge in [-0.1, -0.05) is 36.7 Å². The lowest BCUT2D eigenvalue weighted by Gasteiger charge is -2.14. The minimum atomic E-state index is 0.597. The second-order valence-corrected chi connectivity index (χ2v) is 4.95. The summed E-state index contributed by atoms with van der Waals surface area (Å²) in [6, 6.07) is 13.3. The monoisotopic (exact) mass is 305 g/mol. The Kier molecular flexibility index (Phi) is 5.90. The van der Waals surface area contributed by atoms with Gasteiger partial charge in [-0.15, -0.1) is 0 Å². The maximum absolute atomic E-state index is 6.09. The molecule has 1 N–H and O–H groups in total. The average Bonchev–Trinajstić information content (AvgIpc) is 2.49. The van der Waals surface area contributed by atoms with Gasteiger partial charge in [0.15, 0.2) is 11.5 Å². The highest BCUT2D eigenvalue weighted by Gasteiger charge is 2.09. The Morgan fingerprint density at radius 2 is 1.76 bits per heavy atom. The lowest BCUT2D eigenvalue weighted by molar-refractivity contribution is 0.321. The summed E-state index contributed by atoms with van der Waals surface area (Å²) in [5.41, 5.74) is 1.06. The van der Waals surface area contributed by atoms with Crippen LogP contribution in [0.2, 0.25) is 5.02 Å². The fourth-order valence-corrected chi connectivity index (χ4v) is 2.12. The van der Waals surface area contributed by atoms with E-state index in [1.54, 1.807) is 0 Å². The molecule has 0 saturated carbocycles. The first-order valence-corrected chi connectivity index (χ1v) is 7.51. The number of para-hydroxylation sites is 2. The SMILES string of the molecule is CCNCc1ccc(Cl)cc1Oc1ccccc1OCC. The van der Waals surface area contributed by atoms with Crippen LogP contribution in [0.1, 0.15) is 19.4 Å². The lowest BCUT2D eigenvalue weighted by atomic mass is 10.2. The van der Waals surface area contributed by atoms with E-state index < -0.39 is 0 Å². The van der Waals surface area contributed by atoms with Gasteiger partial charge in [-0.3, -0.25) is 0 Å². The number of rotatable bonds is 7. The number of benzene rings is 2. The molecule has 112 valence electrons. The van der Waals surface area contributed by atoms with Crippen molar-refractivity contribution in [2.24, 2.45) is 0 Å². The second kappa shape index (κ2) is 7.91.